The number of thioether (sulfide) groups is 1. The highest BCUT2D eigenvalue weighted by molar-refractivity contribution is 7.98. The lowest BCUT2D eigenvalue weighted by molar-refractivity contribution is 0.256. The van der Waals surface area contributed by atoms with Crippen molar-refractivity contribution in [3.63, 3.8) is 0 Å². The van der Waals surface area contributed by atoms with Crippen LogP contribution in [0.4, 0.5) is 0 Å². The molecule has 18 heavy (non-hydrogen) atoms. The Hall–Kier alpha value is -0.510. The summed E-state index contributed by atoms with van der Waals surface area (Å²) in [7, 11) is 2.22. The van der Waals surface area contributed by atoms with Crippen LogP contribution in [0.2, 0.25) is 0 Å². The Morgan fingerprint density at radius 3 is 2.67 bits per heavy atom. The summed E-state index contributed by atoms with van der Waals surface area (Å²) in [6, 6.07) is 9.61. The first-order valence-electron chi connectivity index (χ1n) is 6.83. The van der Waals surface area contributed by atoms with E-state index < -0.39 is 0 Å². The Labute approximate surface area is 115 Å². The van der Waals surface area contributed by atoms with Gasteiger partial charge in [0.05, 0.1) is 0 Å². The minimum Gasteiger partial charge on any atom is -0.313 e. The Morgan fingerprint density at radius 1 is 1.28 bits per heavy atom. The van der Waals surface area contributed by atoms with Crippen LogP contribution in [0.25, 0.3) is 0 Å². The highest BCUT2D eigenvalue weighted by atomic mass is 32.2. The van der Waals surface area contributed by atoms with Crippen molar-refractivity contribution in [1.82, 2.24) is 10.2 Å². The molecule has 1 aromatic carbocycles. The number of benzene rings is 1. The van der Waals surface area contributed by atoms with E-state index in [1.54, 1.807) is 11.8 Å². The van der Waals surface area contributed by atoms with Crippen molar-refractivity contribution < 1.29 is 0 Å². The molecule has 1 aliphatic heterocycles. The third-order valence-electron chi connectivity index (χ3n) is 3.56. The number of rotatable bonds is 5. The maximum absolute atomic E-state index is 3.61. The molecule has 0 bridgehead atoms. The quantitative estimate of drug-likeness (QED) is 0.823. The predicted octanol–water partition coefficient (Wildman–Crippen LogP) is 2.98. The van der Waals surface area contributed by atoms with Crippen LogP contribution in [0, 0.1) is 0 Å². The Balaban J connectivity index is 1.80. The monoisotopic (exact) mass is 264 g/mol. The third-order valence-corrected chi connectivity index (χ3v) is 4.30. The molecule has 2 nitrogen and oxygen atoms in total. The first kappa shape index (κ1) is 13.9. The summed E-state index contributed by atoms with van der Waals surface area (Å²) in [5.74, 6) is 0. The second kappa shape index (κ2) is 7.17. The van der Waals surface area contributed by atoms with E-state index in [0.717, 1.165) is 13.1 Å². The molecule has 3 heteroatoms. The summed E-state index contributed by atoms with van der Waals surface area (Å²) >= 11 is 1.80. The van der Waals surface area contributed by atoms with Gasteiger partial charge in [-0.2, -0.15) is 0 Å². The van der Waals surface area contributed by atoms with Crippen LogP contribution in [-0.4, -0.2) is 37.3 Å². The van der Waals surface area contributed by atoms with E-state index in [4.69, 9.17) is 0 Å². The zero-order chi connectivity index (χ0) is 12.8. The van der Waals surface area contributed by atoms with Crippen molar-refractivity contribution >= 4 is 11.8 Å². The standard InChI is InChI=1S/C15H24N2S/c1-17(12-14-5-3-4-10-16-14)11-13-6-8-15(18-2)9-7-13/h6-9,14,16H,3-5,10-12H2,1-2H3. The predicted molar refractivity (Wildman–Crippen MR) is 80.2 cm³/mol. The summed E-state index contributed by atoms with van der Waals surface area (Å²) in [4.78, 5) is 3.77. The minimum absolute atomic E-state index is 0.689. The highest BCUT2D eigenvalue weighted by Crippen LogP contribution is 2.16. The van der Waals surface area contributed by atoms with E-state index in [9.17, 15) is 0 Å². The lowest BCUT2D eigenvalue weighted by Gasteiger charge is -2.28. The van der Waals surface area contributed by atoms with Gasteiger partial charge in [0, 0.05) is 24.0 Å². The van der Waals surface area contributed by atoms with Crippen LogP contribution in [0.3, 0.4) is 0 Å². The normalized spacial score (nSPS) is 20.3. The summed E-state index contributed by atoms with van der Waals surface area (Å²) in [5.41, 5.74) is 1.41. The van der Waals surface area contributed by atoms with Gasteiger partial charge in [-0.15, -0.1) is 11.8 Å². The third kappa shape index (κ3) is 4.30. The lowest BCUT2D eigenvalue weighted by atomic mass is 10.0. The zero-order valence-electron chi connectivity index (χ0n) is 11.5. The van der Waals surface area contributed by atoms with Gasteiger partial charge in [-0.25, -0.2) is 0 Å². The molecule has 0 saturated carbocycles. The van der Waals surface area contributed by atoms with Crippen LogP contribution in [0.1, 0.15) is 24.8 Å². The minimum atomic E-state index is 0.689. The van der Waals surface area contributed by atoms with E-state index in [-0.39, 0.29) is 0 Å². The van der Waals surface area contributed by atoms with Gasteiger partial charge in [-0.3, -0.25) is 0 Å². The molecule has 1 fully saturated rings. The molecule has 1 atom stereocenters. The maximum Gasteiger partial charge on any atom is 0.0231 e. The van der Waals surface area contributed by atoms with Crippen molar-refractivity contribution in [1.29, 1.82) is 0 Å². The molecule has 0 radical (unpaired) electrons. The van der Waals surface area contributed by atoms with Gasteiger partial charge in [-0.05, 0) is 50.4 Å². The highest BCUT2D eigenvalue weighted by Gasteiger charge is 2.14. The van der Waals surface area contributed by atoms with E-state index in [1.807, 2.05) is 0 Å². The second-order valence-corrected chi connectivity index (χ2v) is 6.07. The van der Waals surface area contributed by atoms with Crippen LogP contribution in [0.15, 0.2) is 29.2 Å². The molecule has 1 unspecified atom stereocenters. The maximum atomic E-state index is 3.61. The van der Waals surface area contributed by atoms with Gasteiger partial charge in [-0.1, -0.05) is 18.6 Å². The summed E-state index contributed by atoms with van der Waals surface area (Å²) in [5, 5.41) is 3.61. The first-order valence-corrected chi connectivity index (χ1v) is 8.05. The summed E-state index contributed by atoms with van der Waals surface area (Å²) in [6.07, 6.45) is 6.18. The molecule has 100 valence electrons. The number of hydrogen-bond acceptors (Lipinski definition) is 3. The fourth-order valence-electron chi connectivity index (χ4n) is 2.56. The van der Waals surface area contributed by atoms with Gasteiger partial charge < -0.3 is 10.2 Å². The van der Waals surface area contributed by atoms with Gasteiger partial charge in [0.15, 0.2) is 0 Å². The molecule has 0 aromatic heterocycles. The number of nitrogens with zero attached hydrogens (tertiary/aromatic N) is 1. The number of nitrogens with one attached hydrogen (secondary N) is 1. The number of hydrogen-bond donors (Lipinski definition) is 1. The Morgan fingerprint density at radius 2 is 2.06 bits per heavy atom. The Bertz CT molecular complexity index is 344. The zero-order valence-corrected chi connectivity index (χ0v) is 12.3. The second-order valence-electron chi connectivity index (χ2n) is 5.19. The SMILES string of the molecule is CSc1ccc(CN(C)CC2CCCCN2)cc1. The number of likely N-dealkylation sites (N-methyl/N-ethyl adjacent to an activating group) is 1. The van der Waals surface area contributed by atoms with E-state index in [0.29, 0.717) is 6.04 Å². The average Bonchev–Trinajstić information content (AvgIpc) is 2.40. The van der Waals surface area contributed by atoms with E-state index in [2.05, 4.69) is 47.8 Å². The fraction of sp³-hybridized carbons (Fsp3) is 0.600. The smallest absolute Gasteiger partial charge is 0.0231 e. The summed E-state index contributed by atoms with van der Waals surface area (Å²) < 4.78 is 0. The average molecular weight is 264 g/mol. The fourth-order valence-corrected chi connectivity index (χ4v) is 2.97. The van der Waals surface area contributed by atoms with Crippen LogP contribution >= 0.6 is 11.8 Å². The van der Waals surface area contributed by atoms with Crippen molar-refractivity contribution in [3.8, 4) is 0 Å². The first-order chi connectivity index (χ1) is 8.78. The molecular weight excluding hydrogens is 240 g/mol. The molecule has 1 saturated heterocycles. The molecule has 1 N–H and O–H groups in total. The van der Waals surface area contributed by atoms with E-state index >= 15 is 0 Å². The molecule has 1 aromatic rings. The van der Waals surface area contributed by atoms with Gasteiger partial charge in [0.2, 0.25) is 0 Å². The molecule has 0 amide bonds. The molecule has 1 heterocycles. The topological polar surface area (TPSA) is 15.3 Å². The molecule has 0 spiro atoms. The number of piperidine rings is 1. The largest absolute Gasteiger partial charge is 0.313 e. The van der Waals surface area contributed by atoms with Crippen LogP contribution < -0.4 is 5.32 Å². The van der Waals surface area contributed by atoms with Gasteiger partial charge in [0.25, 0.3) is 0 Å². The van der Waals surface area contributed by atoms with E-state index in [1.165, 1.54) is 36.3 Å². The van der Waals surface area contributed by atoms with Crippen molar-refractivity contribution in [2.75, 3.05) is 26.4 Å². The Kier molecular flexibility index (Phi) is 5.54. The molecule has 0 aliphatic carbocycles. The molecular formula is C15H24N2S. The van der Waals surface area contributed by atoms with Crippen molar-refractivity contribution in [3.05, 3.63) is 29.8 Å². The van der Waals surface area contributed by atoms with Crippen molar-refractivity contribution in [2.24, 2.45) is 0 Å². The van der Waals surface area contributed by atoms with Crippen molar-refractivity contribution in [2.45, 2.75) is 36.7 Å². The van der Waals surface area contributed by atoms with Gasteiger partial charge >= 0.3 is 0 Å². The molecule has 2 rings (SSSR count). The van der Waals surface area contributed by atoms with Gasteiger partial charge in [0.1, 0.15) is 0 Å². The van der Waals surface area contributed by atoms with Crippen LogP contribution in [-0.2, 0) is 6.54 Å². The lowest BCUT2D eigenvalue weighted by Crippen LogP contribution is -2.42. The summed E-state index contributed by atoms with van der Waals surface area (Å²) in [6.45, 7) is 3.40. The molecule has 1 aliphatic rings. The van der Waals surface area contributed by atoms with Crippen LogP contribution in [0.5, 0.6) is 0 Å².